The van der Waals surface area contributed by atoms with Crippen LogP contribution < -0.4 is 0 Å². The molecule has 0 N–H and O–H groups in total. The molecule has 0 amide bonds. The molecule has 19 heavy (non-hydrogen) atoms. The molecule has 4 aliphatic rings. The molecule has 0 radical (unpaired) electrons. The molecule has 0 aliphatic heterocycles. The van der Waals surface area contributed by atoms with Crippen LogP contribution in [0.4, 0.5) is 0 Å². The highest BCUT2D eigenvalue weighted by Crippen LogP contribution is 2.61. The van der Waals surface area contributed by atoms with Crippen molar-refractivity contribution in [3.05, 3.63) is 23.3 Å². The first-order valence-electron chi connectivity index (χ1n) is 8.53. The van der Waals surface area contributed by atoms with Crippen molar-refractivity contribution in [2.24, 2.45) is 29.1 Å². The summed E-state index contributed by atoms with van der Waals surface area (Å²) in [5.74, 6) is 4.04. The van der Waals surface area contributed by atoms with E-state index >= 15 is 0 Å². The number of fused-ring (bicyclic) bond motifs is 5. The van der Waals surface area contributed by atoms with Crippen LogP contribution in [0, 0.1) is 29.1 Å². The Balaban J connectivity index is 1.67. The van der Waals surface area contributed by atoms with Crippen molar-refractivity contribution in [3.8, 4) is 0 Å². The molecule has 0 aromatic rings. The van der Waals surface area contributed by atoms with Gasteiger partial charge >= 0.3 is 0 Å². The van der Waals surface area contributed by atoms with Crippen LogP contribution in [0.25, 0.3) is 0 Å². The van der Waals surface area contributed by atoms with Crippen molar-refractivity contribution in [1.29, 1.82) is 0 Å². The van der Waals surface area contributed by atoms with E-state index in [9.17, 15) is 0 Å². The van der Waals surface area contributed by atoms with E-state index in [4.69, 9.17) is 0 Å². The summed E-state index contributed by atoms with van der Waals surface area (Å²) in [6.07, 6.45) is 16.5. The van der Waals surface area contributed by atoms with Gasteiger partial charge in [0.2, 0.25) is 0 Å². The lowest BCUT2D eigenvalue weighted by molar-refractivity contribution is -0.0378. The van der Waals surface area contributed by atoms with Gasteiger partial charge in [0.05, 0.1) is 0 Å². The largest absolute Gasteiger partial charge is 0.0882 e. The van der Waals surface area contributed by atoms with Crippen LogP contribution in [0.3, 0.4) is 0 Å². The molecule has 0 aromatic carbocycles. The van der Waals surface area contributed by atoms with Gasteiger partial charge in [-0.2, -0.15) is 0 Å². The Labute approximate surface area is 118 Å². The Bertz CT molecular complexity index is 441. The van der Waals surface area contributed by atoms with Gasteiger partial charge in [0.15, 0.2) is 0 Å². The van der Waals surface area contributed by atoms with E-state index in [0.717, 1.165) is 23.7 Å². The van der Waals surface area contributed by atoms with Gasteiger partial charge in [-0.15, -0.1) is 0 Å². The maximum Gasteiger partial charge on any atom is -0.0166 e. The molecule has 104 valence electrons. The minimum absolute atomic E-state index is 0.639. The first-order valence-corrected chi connectivity index (χ1v) is 8.53. The second-order valence-electron chi connectivity index (χ2n) is 7.95. The van der Waals surface area contributed by atoms with Gasteiger partial charge in [-0.1, -0.05) is 30.2 Å². The second-order valence-corrected chi connectivity index (χ2v) is 7.95. The molecular formula is C19H28. The lowest BCUT2D eigenvalue weighted by atomic mass is 9.49. The molecule has 4 aliphatic carbocycles. The van der Waals surface area contributed by atoms with Gasteiger partial charge < -0.3 is 0 Å². The summed E-state index contributed by atoms with van der Waals surface area (Å²) in [4.78, 5) is 0. The number of hydrogen-bond acceptors (Lipinski definition) is 0. The smallest absolute Gasteiger partial charge is 0.0166 e. The summed E-state index contributed by atoms with van der Waals surface area (Å²) >= 11 is 0. The third-order valence-electron chi connectivity index (χ3n) is 7.36. The summed E-state index contributed by atoms with van der Waals surface area (Å²) in [5, 5.41) is 0. The Morgan fingerprint density at radius 3 is 2.84 bits per heavy atom. The lowest BCUT2D eigenvalue weighted by Crippen LogP contribution is -2.48. The van der Waals surface area contributed by atoms with Crippen LogP contribution >= 0.6 is 0 Å². The maximum atomic E-state index is 2.63. The Hall–Kier alpha value is -0.520. The molecule has 0 spiro atoms. The fourth-order valence-electron chi connectivity index (χ4n) is 6.25. The summed E-state index contributed by atoms with van der Waals surface area (Å²) < 4.78 is 0. The van der Waals surface area contributed by atoms with Crippen LogP contribution in [-0.2, 0) is 0 Å². The molecule has 2 fully saturated rings. The lowest BCUT2D eigenvalue weighted by Gasteiger charge is -2.56. The minimum Gasteiger partial charge on any atom is -0.0882 e. The van der Waals surface area contributed by atoms with Crippen molar-refractivity contribution in [2.45, 2.75) is 65.2 Å². The van der Waals surface area contributed by atoms with Crippen LogP contribution in [-0.4, -0.2) is 0 Å². The van der Waals surface area contributed by atoms with Crippen LogP contribution in [0.15, 0.2) is 23.3 Å². The number of allylic oxidation sites excluding steroid dienone is 4. The van der Waals surface area contributed by atoms with Crippen molar-refractivity contribution in [3.63, 3.8) is 0 Å². The highest BCUT2D eigenvalue weighted by atomic mass is 14.6. The van der Waals surface area contributed by atoms with E-state index in [0.29, 0.717) is 5.41 Å². The van der Waals surface area contributed by atoms with Gasteiger partial charge in [0.25, 0.3) is 0 Å². The highest BCUT2D eigenvalue weighted by molar-refractivity contribution is 5.26. The Morgan fingerprint density at radius 1 is 1.05 bits per heavy atom. The predicted molar refractivity (Wildman–Crippen MR) is 80.8 cm³/mol. The molecule has 0 unspecified atom stereocenters. The normalized spacial score (nSPS) is 48.7. The van der Waals surface area contributed by atoms with Gasteiger partial charge in [-0.05, 0) is 87.4 Å². The van der Waals surface area contributed by atoms with Gasteiger partial charge in [-0.3, -0.25) is 0 Å². The SMILES string of the molecule is CC1=C2CC[C@H]3[C@@H](CC[C@H]4CC=CC[C@@]43C)[C@@H]2CC1. The van der Waals surface area contributed by atoms with Crippen molar-refractivity contribution < 1.29 is 0 Å². The molecular weight excluding hydrogens is 228 g/mol. The molecule has 0 aromatic heterocycles. The van der Waals surface area contributed by atoms with E-state index in [1.54, 1.807) is 5.57 Å². The molecule has 0 saturated heterocycles. The first-order chi connectivity index (χ1) is 9.20. The van der Waals surface area contributed by atoms with Crippen LogP contribution in [0.1, 0.15) is 65.2 Å². The highest BCUT2D eigenvalue weighted by Gasteiger charge is 2.52. The van der Waals surface area contributed by atoms with Crippen molar-refractivity contribution >= 4 is 0 Å². The Kier molecular flexibility index (Phi) is 2.73. The summed E-state index contributed by atoms with van der Waals surface area (Å²) in [6.45, 7) is 5.04. The fraction of sp³-hybridized carbons (Fsp3) is 0.789. The quantitative estimate of drug-likeness (QED) is 0.502. The second kappa shape index (κ2) is 4.24. The average molecular weight is 256 g/mol. The third kappa shape index (κ3) is 1.64. The monoisotopic (exact) mass is 256 g/mol. The zero-order valence-electron chi connectivity index (χ0n) is 12.6. The fourth-order valence-corrected chi connectivity index (χ4v) is 6.25. The van der Waals surface area contributed by atoms with Crippen molar-refractivity contribution in [2.75, 3.05) is 0 Å². The predicted octanol–water partition coefficient (Wildman–Crippen LogP) is 5.51. The van der Waals surface area contributed by atoms with Gasteiger partial charge in [0, 0.05) is 0 Å². The molecule has 0 nitrogen and oxygen atoms in total. The zero-order chi connectivity index (χ0) is 13.0. The van der Waals surface area contributed by atoms with Crippen LogP contribution in [0.5, 0.6) is 0 Å². The molecule has 0 bridgehead atoms. The Morgan fingerprint density at radius 2 is 1.95 bits per heavy atom. The topological polar surface area (TPSA) is 0 Å². The van der Waals surface area contributed by atoms with Crippen LogP contribution in [0.2, 0.25) is 0 Å². The van der Waals surface area contributed by atoms with Gasteiger partial charge in [-0.25, -0.2) is 0 Å². The molecule has 4 rings (SSSR count). The summed E-state index contributed by atoms with van der Waals surface area (Å²) in [7, 11) is 0. The minimum atomic E-state index is 0.639. The summed E-state index contributed by atoms with van der Waals surface area (Å²) in [6, 6.07) is 0. The number of rotatable bonds is 0. The molecule has 2 saturated carbocycles. The zero-order valence-corrected chi connectivity index (χ0v) is 12.6. The first kappa shape index (κ1) is 12.2. The molecule has 0 heteroatoms. The van der Waals surface area contributed by atoms with Gasteiger partial charge in [0.1, 0.15) is 0 Å². The third-order valence-corrected chi connectivity index (χ3v) is 7.36. The van der Waals surface area contributed by atoms with E-state index in [1.165, 1.54) is 51.4 Å². The average Bonchev–Trinajstić information content (AvgIpc) is 2.80. The number of hydrogen-bond donors (Lipinski definition) is 0. The molecule has 0 heterocycles. The van der Waals surface area contributed by atoms with E-state index in [-0.39, 0.29) is 0 Å². The van der Waals surface area contributed by atoms with E-state index in [2.05, 4.69) is 26.0 Å². The van der Waals surface area contributed by atoms with E-state index < -0.39 is 0 Å². The van der Waals surface area contributed by atoms with E-state index in [1.807, 2.05) is 5.57 Å². The maximum absolute atomic E-state index is 2.63. The molecule has 5 atom stereocenters. The van der Waals surface area contributed by atoms with Crippen molar-refractivity contribution in [1.82, 2.24) is 0 Å². The standard InChI is InChI=1S/C19H28/c1-13-6-8-16-15(13)10-11-18-17(16)9-7-14-5-3-4-12-19(14,18)2/h3-4,14,16-18H,5-12H2,1-2H3/t14-,16-,17+,18+,19+/m1/s1. The summed E-state index contributed by atoms with van der Waals surface area (Å²) in [5.41, 5.74) is 4.30.